The fourth-order valence-electron chi connectivity index (χ4n) is 2.34. The van der Waals surface area contributed by atoms with Crippen molar-refractivity contribution in [2.45, 2.75) is 19.8 Å². The van der Waals surface area contributed by atoms with E-state index in [4.69, 9.17) is 0 Å². The molecule has 7 heteroatoms. The lowest BCUT2D eigenvalue weighted by molar-refractivity contribution is 0.0768. The lowest BCUT2D eigenvalue weighted by Gasteiger charge is -2.20. The maximum atomic E-state index is 12.6. The molecule has 0 radical (unpaired) electrons. The van der Waals surface area contributed by atoms with Crippen LogP contribution in [0.1, 0.15) is 29.4 Å². The Hall–Kier alpha value is -1.63. The normalized spacial score (nSPS) is 18.1. The van der Waals surface area contributed by atoms with Crippen LogP contribution in [0.2, 0.25) is 0 Å². The zero-order valence-corrected chi connectivity index (χ0v) is 13.2. The number of pyridine rings is 1. The zero-order valence-electron chi connectivity index (χ0n) is 12.4. The van der Waals surface area contributed by atoms with Gasteiger partial charge in [-0.25, -0.2) is 13.4 Å². The van der Waals surface area contributed by atoms with Crippen LogP contribution in [-0.4, -0.2) is 55.9 Å². The van der Waals surface area contributed by atoms with Gasteiger partial charge < -0.3 is 10.2 Å². The summed E-state index contributed by atoms with van der Waals surface area (Å²) in [4.78, 5) is 18.6. The highest BCUT2D eigenvalue weighted by atomic mass is 32.2. The second-order valence-electron chi connectivity index (χ2n) is 5.13. The summed E-state index contributed by atoms with van der Waals surface area (Å²) >= 11 is 0. The number of aromatic nitrogens is 1. The highest BCUT2D eigenvalue weighted by Gasteiger charge is 2.23. The Bertz CT molecular complexity index is 606. The molecular weight excluding hydrogens is 290 g/mol. The molecule has 116 valence electrons. The van der Waals surface area contributed by atoms with E-state index in [0.717, 1.165) is 12.1 Å². The van der Waals surface area contributed by atoms with Crippen LogP contribution in [0.5, 0.6) is 0 Å². The average molecular weight is 311 g/mol. The monoisotopic (exact) mass is 311 g/mol. The number of nitrogens with one attached hydrogen (secondary N) is 1. The molecular formula is C14H21N3O3S. The molecule has 2 heterocycles. The number of nitrogens with zero attached hydrogens (tertiary/aromatic N) is 2. The van der Waals surface area contributed by atoms with E-state index in [9.17, 15) is 13.2 Å². The number of rotatable bonds is 3. The highest BCUT2D eigenvalue weighted by Crippen LogP contribution is 2.15. The highest BCUT2D eigenvalue weighted by molar-refractivity contribution is 7.91. The van der Waals surface area contributed by atoms with Crippen LogP contribution in [-0.2, 0) is 16.3 Å². The van der Waals surface area contributed by atoms with E-state index in [1.54, 1.807) is 24.1 Å². The van der Waals surface area contributed by atoms with Crippen LogP contribution in [0.4, 0.5) is 5.82 Å². The Kier molecular flexibility index (Phi) is 4.82. The first-order valence-corrected chi connectivity index (χ1v) is 8.95. The first kappa shape index (κ1) is 15.8. The quantitative estimate of drug-likeness (QED) is 0.899. The van der Waals surface area contributed by atoms with Crippen molar-refractivity contribution in [2.24, 2.45) is 0 Å². The van der Waals surface area contributed by atoms with Gasteiger partial charge in [-0.15, -0.1) is 0 Å². The molecule has 1 aliphatic rings. The summed E-state index contributed by atoms with van der Waals surface area (Å²) in [6.45, 7) is 2.73. The number of anilines is 1. The van der Waals surface area contributed by atoms with E-state index in [2.05, 4.69) is 10.3 Å². The van der Waals surface area contributed by atoms with Gasteiger partial charge in [0.2, 0.25) is 0 Å². The van der Waals surface area contributed by atoms with Crippen molar-refractivity contribution in [3.63, 3.8) is 0 Å². The predicted octanol–water partition coefficient (Wildman–Crippen LogP) is 0.946. The Morgan fingerprint density at radius 1 is 1.33 bits per heavy atom. The Balaban J connectivity index is 2.23. The van der Waals surface area contributed by atoms with Gasteiger partial charge in [0.15, 0.2) is 9.84 Å². The number of hydrogen-bond donors (Lipinski definition) is 1. The van der Waals surface area contributed by atoms with Crippen LogP contribution < -0.4 is 5.32 Å². The molecule has 1 amide bonds. The molecule has 1 aromatic heterocycles. The van der Waals surface area contributed by atoms with Crippen LogP contribution in [0.25, 0.3) is 0 Å². The van der Waals surface area contributed by atoms with Crippen molar-refractivity contribution in [2.75, 3.05) is 37.0 Å². The summed E-state index contributed by atoms with van der Waals surface area (Å²) < 4.78 is 23.2. The molecule has 1 N–H and O–H groups in total. The second kappa shape index (κ2) is 6.43. The van der Waals surface area contributed by atoms with Crippen molar-refractivity contribution in [1.82, 2.24) is 9.88 Å². The molecule has 0 bridgehead atoms. The molecule has 0 spiro atoms. The van der Waals surface area contributed by atoms with Crippen molar-refractivity contribution >= 4 is 21.6 Å². The first-order chi connectivity index (χ1) is 9.95. The van der Waals surface area contributed by atoms with Gasteiger partial charge in [0, 0.05) is 31.4 Å². The van der Waals surface area contributed by atoms with Crippen molar-refractivity contribution in [3.8, 4) is 0 Å². The first-order valence-electron chi connectivity index (χ1n) is 7.13. The number of aryl methyl sites for hydroxylation is 1. The molecule has 6 nitrogen and oxygen atoms in total. The summed E-state index contributed by atoms with van der Waals surface area (Å²) in [6.07, 6.45) is 1.24. The largest absolute Gasteiger partial charge is 0.373 e. The molecule has 0 aromatic carbocycles. The zero-order chi connectivity index (χ0) is 15.5. The van der Waals surface area contributed by atoms with E-state index < -0.39 is 9.84 Å². The maximum absolute atomic E-state index is 12.6. The summed E-state index contributed by atoms with van der Waals surface area (Å²) in [6, 6.07) is 3.49. The van der Waals surface area contributed by atoms with E-state index >= 15 is 0 Å². The van der Waals surface area contributed by atoms with E-state index in [0.29, 0.717) is 24.3 Å². The van der Waals surface area contributed by atoms with Gasteiger partial charge in [0.25, 0.3) is 5.91 Å². The molecule has 2 rings (SSSR count). The minimum atomic E-state index is -3.01. The molecule has 1 aromatic rings. The number of carbonyl (C=O) groups is 1. The van der Waals surface area contributed by atoms with Crippen LogP contribution >= 0.6 is 0 Å². The fraction of sp³-hybridized carbons (Fsp3) is 0.571. The summed E-state index contributed by atoms with van der Waals surface area (Å²) in [7, 11) is -1.25. The van der Waals surface area contributed by atoms with Gasteiger partial charge in [-0.05, 0) is 25.0 Å². The lowest BCUT2D eigenvalue weighted by atomic mass is 10.1. The van der Waals surface area contributed by atoms with Crippen LogP contribution in [0.15, 0.2) is 12.1 Å². The summed E-state index contributed by atoms with van der Waals surface area (Å²) in [5, 5.41) is 2.95. The van der Waals surface area contributed by atoms with Crippen LogP contribution in [0, 0.1) is 0 Å². The topological polar surface area (TPSA) is 79.4 Å². The smallest absolute Gasteiger partial charge is 0.254 e. The van der Waals surface area contributed by atoms with Crippen LogP contribution in [0.3, 0.4) is 0 Å². The minimum absolute atomic E-state index is 0.0450. The Morgan fingerprint density at radius 2 is 2.10 bits per heavy atom. The molecule has 1 aliphatic heterocycles. The Labute approximate surface area is 125 Å². The molecule has 1 fully saturated rings. The maximum Gasteiger partial charge on any atom is 0.254 e. The Morgan fingerprint density at radius 3 is 2.76 bits per heavy atom. The van der Waals surface area contributed by atoms with E-state index in [1.165, 1.54) is 0 Å². The summed E-state index contributed by atoms with van der Waals surface area (Å²) in [5.74, 6) is 0.735. The molecule has 21 heavy (non-hydrogen) atoms. The van der Waals surface area contributed by atoms with Crippen molar-refractivity contribution in [1.29, 1.82) is 0 Å². The molecule has 1 saturated heterocycles. The molecule has 0 unspecified atom stereocenters. The second-order valence-corrected chi connectivity index (χ2v) is 7.44. The van der Waals surface area contributed by atoms with E-state index in [-0.39, 0.29) is 24.0 Å². The van der Waals surface area contributed by atoms with Gasteiger partial charge in [0.1, 0.15) is 5.82 Å². The lowest BCUT2D eigenvalue weighted by Crippen LogP contribution is -2.33. The number of hydrogen-bond acceptors (Lipinski definition) is 5. The number of carbonyl (C=O) groups excluding carboxylic acids is 1. The number of sulfone groups is 1. The standard InChI is InChI=1S/C14H21N3O3S/c1-3-12-9-11(10-13(15-2)16-12)14(18)17-5-4-7-21(19,20)8-6-17/h9-10H,3-8H2,1-2H3,(H,15,16). The van der Waals surface area contributed by atoms with E-state index in [1.807, 2.05) is 6.92 Å². The fourth-order valence-corrected chi connectivity index (χ4v) is 3.62. The average Bonchev–Trinajstić information content (AvgIpc) is 2.66. The molecule has 0 atom stereocenters. The SMILES string of the molecule is CCc1cc(C(=O)N2CCCS(=O)(=O)CC2)cc(NC)n1. The van der Waals surface area contributed by atoms with Gasteiger partial charge >= 0.3 is 0 Å². The number of amides is 1. The third-order valence-corrected chi connectivity index (χ3v) is 5.30. The predicted molar refractivity (Wildman–Crippen MR) is 82.3 cm³/mol. The molecule has 0 aliphatic carbocycles. The van der Waals surface area contributed by atoms with Gasteiger partial charge in [-0.3, -0.25) is 4.79 Å². The van der Waals surface area contributed by atoms with Gasteiger partial charge in [-0.2, -0.15) is 0 Å². The third kappa shape index (κ3) is 3.93. The summed E-state index contributed by atoms with van der Waals surface area (Å²) in [5.41, 5.74) is 1.40. The molecule has 0 saturated carbocycles. The minimum Gasteiger partial charge on any atom is -0.373 e. The van der Waals surface area contributed by atoms with Crippen molar-refractivity contribution < 1.29 is 13.2 Å². The van der Waals surface area contributed by atoms with Gasteiger partial charge in [0.05, 0.1) is 11.5 Å². The third-order valence-electron chi connectivity index (χ3n) is 3.59. The van der Waals surface area contributed by atoms with Gasteiger partial charge in [-0.1, -0.05) is 6.92 Å². The van der Waals surface area contributed by atoms with Crippen molar-refractivity contribution in [3.05, 3.63) is 23.4 Å².